The summed E-state index contributed by atoms with van der Waals surface area (Å²) in [7, 11) is -4.49. The number of rotatable bonds is 9. The molecule has 2 atom stereocenters. The molecule has 2 aliphatic rings. The molecule has 5 rings (SSSR count). The van der Waals surface area contributed by atoms with Crippen LogP contribution in [0.25, 0.3) is 0 Å². The number of hydrogen-bond acceptors (Lipinski definition) is 5. The first-order valence-electron chi connectivity index (χ1n) is 13.7. The molecule has 2 aliphatic heterocycles. The lowest BCUT2D eigenvalue weighted by Gasteiger charge is -2.28. The van der Waals surface area contributed by atoms with Crippen LogP contribution >= 0.6 is 0 Å². The molecule has 0 aromatic heterocycles. The van der Waals surface area contributed by atoms with Crippen molar-refractivity contribution in [3.05, 3.63) is 94.8 Å². The molecule has 0 spiro atoms. The van der Waals surface area contributed by atoms with Gasteiger partial charge in [0.15, 0.2) is 0 Å². The fraction of sp³-hybridized carbons (Fsp3) is 0.367. The zero-order valence-corrected chi connectivity index (χ0v) is 23.5. The highest BCUT2D eigenvalue weighted by Gasteiger charge is 2.33. The van der Waals surface area contributed by atoms with Crippen molar-refractivity contribution in [2.75, 3.05) is 19.7 Å². The van der Waals surface area contributed by atoms with Gasteiger partial charge in [0, 0.05) is 24.9 Å². The molecular weight excluding hydrogens is 574 g/mol. The number of ether oxygens (including phenoxy) is 1. The number of hydrogen-bond donors (Lipinski definition) is 2. The van der Waals surface area contributed by atoms with E-state index in [1.807, 2.05) is 18.2 Å². The maximum atomic E-state index is 13.6. The fourth-order valence-electron chi connectivity index (χ4n) is 5.34. The smallest absolute Gasteiger partial charge is 0.416 e. The van der Waals surface area contributed by atoms with E-state index in [9.17, 15) is 30.8 Å². The topological polar surface area (TPSA) is 87.7 Å². The van der Waals surface area contributed by atoms with E-state index in [1.54, 1.807) is 0 Å². The van der Waals surface area contributed by atoms with E-state index < -0.39 is 44.4 Å². The van der Waals surface area contributed by atoms with E-state index in [-0.39, 0.29) is 18.0 Å². The monoisotopic (exact) mass is 605 g/mol. The Kier molecular flexibility index (Phi) is 8.86. The van der Waals surface area contributed by atoms with Gasteiger partial charge in [-0.25, -0.2) is 17.5 Å². The Hall–Kier alpha value is -3.48. The van der Waals surface area contributed by atoms with Crippen LogP contribution in [0.2, 0.25) is 0 Å². The first kappa shape index (κ1) is 30.0. The van der Waals surface area contributed by atoms with Crippen LogP contribution in [-0.4, -0.2) is 38.9 Å². The summed E-state index contributed by atoms with van der Waals surface area (Å²) in [4.78, 5) is 15.0. The SMILES string of the molecule is O=C(CC(NS(=O)(=O)c1cccc(C(F)(F)F)c1)c1ccc(F)cc1)NC1CCOc2cc(CN3CCCC3)ccc21. The zero-order valence-electron chi connectivity index (χ0n) is 22.7. The summed E-state index contributed by atoms with van der Waals surface area (Å²) >= 11 is 0. The van der Waals surface area contributed by atoms with Crippen molar-refractivity contribution < 1.29 is 35.5 Å². The molecule has 7 nitrogen and oxygen atoms in total. The molecule has 1 saturated heterocycles. The van der Waals surface area contributed by atoms with E-state index in [4.69, 9.17) is 4.74 Å². The molecule has 3 aromatic carbocycles. The number of likely N-dealkylation sites (tertiary alicyclic amines) is 1. The minimum Gasteiger partial charge on any atom is -0.493 e. The van der Waals surface area contributed by atoms with Crippen LogP contribution in [0.3, 0.4) is 0 Å². The minimum atomic E-state index is -4.74. The van der Waals surface area contributed by atoms with Gasteiger partial charge in [0.05, 0.1) is 29.1 Å². The molecule has 0 aliphatic carbocycles. The van der Waals surface area contributed by atoms with Crippen LogP contribution in [-0.2, 0) is 27.5 Å². The van der Waals surface area contributed by atoms with Crippen LogP contribution in [0, 0.1) is 5.82 Å². The predicted octanol–water partition coefficient (Wildman–Crippen LogP) is 5.49. The number of halogens is 4. The van der Waals surface area contributed by atoms with Crippen molar-refractivity contribution in [1.82, 2.24) is 14.9 Å². The molecular formula is C30H31F4N3O4S. The maximum Gasteiger partial charge on any atom is 0.416 e. The molecule has 2 N–H and O–H groups in total. The van der Waals surface area contributed by atoms with E-state index in [2.05, 4.69) is 14.9 Å². The second kappa shape index (κ2) is 12.4. The van der Waals surface area contributed by atoms with E-state index in [0.29, 0.717) is 24.8 Å². The molecule has 0 radical (unpaired) electrons. The van der Waals surface area contributed by atoms with Crippen molar-refractivity contribution in [3.63, 3.8) is 0 Å². The molecule has 0 bridgehead atoms. The molecule has 2 unspecified atom stereocenters. The molecule has 1 fully saturated rings. The first-order valence-corrected chi connectivity index (χ1v) is 15.2. The molecule has 224 valence electrons. The van der Waals surface area contributed by atoms with Crippen LogP contribution in [0.1, 0.15) is 60.0 Å². The van der Waals surface area contributed by atoms with E-state index in [1.165, 1.54) is 25.0 Å². The number of sulfonamides is 1. The van der Waals surface area contributed by atoms with Gasteiger partial charge in [-0.3, -0.25) is 9.69 Å². The van der Waals surface area contributed by atoms with Gasteiger partial charge >= 0.3 is 6.18 Å². The Morgan fingerprint density at radius 2 is 1.76 bits per heavy atom. The second-order valence-corrected chi connectivity index (χ2v) is 12.3. The number of amides is 1. The molecule has 1 amide bonds. The van der Waals surface area contributed by atoms with Crippen molar-refractivity contribution in [2.45, 2.75) is 55.4 Å². The normalized spacial score (nSPS) is 18.2. The van der Waals surface area contributed by atoms with Gasteiger partial charge in [-0.05, 0) is 73.5 Å². The van der Waals surface area contributed by atoms with Crippen molar-refractivity contribution in [3.8, 4) is 5.75 Å². The molecule has 42 heavy (non-hydrogen) atoms. The third kappa shape index (κ3) is 7.29. The van der Waals surface area contributed by atoms with Gasteiger partial charge in [0.1, 0.15) is 11.6 Å². The van der Waals surface area contributed by atoms with Crippen LogP contribution < -0.4 is 14.8 Å². The van der Waals surface area contributed by atoms with Gasteiger partial charge in [0.2, 0.25) is 15.9 Å². The van der Waals surface area contributed by atoms with Crippen molar-refractivity contribution in [1.29, 1.82) is 0 Å². The molecule has 2 heterocycles. The number of alkyl halides is 3. The Balaban J connectivity index is 1.33. The van der Waals surface area contributed by atoms with Crippen LogP contribution in [0.5, 0.6) is 5.75 Å². The van der Waals surface area contributed by atoms with Crippen molar-refractivity contribution >= 4 is 15.9 Å². The summed E-state index contributed by atoms with van der Waals surface area (Å²) in [6.07, 6.45) is -2.24. The molecule has 12 heteroatoms. The Morgan fingerprint density at radius 3 is 2.48 bits per heavy atom. The summed E-state index contributed by atoms with van der Waals surface area (Å²) in [5, 5.41) is 2.95. The number of fused-ring (bicyclic) bond motifs is 1. The second-order valence-electron chi connectivity index (χ2n) is 10.6. The standard InChI is InChI=1S/C30H31F4N3O4S/c31-23-9-7-21(8-10-23)27(36-42(39,40)24-5-3-4-22(17-24)30(32,33)34)18-29(38)35-26-12-15-41-28-16-20(6-11-25(26)28)19-37-13-1-2-14-37/h3-11,16-17,26-27,36H,1-2,12-15,18-19H2,(H,35,38). The quantitative estimate of drug-likeness (QED) is 0.315. The number of carbonyl (C=O) groups is 1. The lowest BCUT2D eigenvalue weighted by atomic mass is 9.97. The number of carbonyl (C=O) groups excluding carboxylic acids is 1. The average Bonchev–Trinajstić information content (AvgIpc) is 3.46. The van der Waals surface area contributed by atoms with E-state index in [0.717, 1.165) is 61.1 Å². The van der Waals surface area contributed by atoms with Crippen LogP contribution in [0.4, 0.5) is 17.6 Å². The molecule has 0 saturated carbocycles. The summed E-state index contributed by atoms with van der Waals surface area (Å²) < 4.78 is 87.8. The van der Waals surface area contributed by atoms with Gasteiger partial charge in [0.25, 0.3) is 0 Å². The molecule has 3 aromatic rings. The van der Waals surface area contributed by atoms with Gasteiger partial charge in [-0.1, -0.05) is 30.3 Å². The Bertz CT molecular complexity index is 1520. The lowest BCUT2D eigenvalue weighted by Crippen LogP contribution is -2.36. The fourth-order valence-corrected chi connectivity index (χ4v) is 6.61. The highest BCUT2D eigenvalue weighted by Crippen LogP contribution is 2.34. The minimum absolute atomic E-state index is 0.279. The maximum absolute atomic E-state index is 13.6. The Labute approximate surface area is 241 Å². The highest BCUT2D eigenvalue weighted by atomic mass is 32.2. The number of nitrogens with one attached hydrogen (secondary N) is 2. The van der Waals surface area contributed by atoms with Crippen molar-refractivity contribution in [2.24, 2.45) is 0 Å². The third-order valence-corrected chi connectivity index (χ3v) is 8.96. The first-order chi connectivity index (χ1) is 20.0. The lowest BCUT2D eigenvalue weighted by molar-refractivity contribution is -0.137. The third-order valence-electron chi connectivity index (χ3n) is 7.49. The summed E-state index contributed by atoms with van der Waals surface area (Å²) in [6.45, 7) is 3.32. The number of nitrogens with zero attached hydrogens (tertiary/aromatic N) is 1. The van der Waals surface area contributed by atoms with Gasteiger partial charge in [-0.2, -0.15) is 13.2 Å². The Morgan fingerprint density at radius 1 is 1.02 bits per heavy atom. The number of benzene rings is 3. The van der Waals surface area contributed by atoms with Gasteiger partial charge < -0.3 is 10.1 Å². The predicted molar refractivity (Wildman–Crippen MR) is 147 cm³/mol. The van der Waals surface area contributed by atoms with Crippen LogP contribution in [0.15, 0.2) is 71.6 Å². The summed E-state index contributed by atoms with van der Waals surface area (Å²) in [6, 6.07) is 12.6. The highest BCUT2D eigenvalue weighted by molar-refractivity contribution is 7.89. The largest absolute Gasteiger partial charge is 0.493 e. The average molecular weight is 606 g/mol. The van der Waals surface area contributed by atoms with Gasteiger partial charge in [-0.15, -0.1) is 0 Å². The van der Waals surface area contributed by atoms with E-state index >= 15 is 0 Å². The summed E-state index contributed by atoms with van der Waals surface area (Å²) in [5.74, 6) is -0.371. The zero-order chi connectivity index (χ0) is 29.9. The summed E-state index contributed by atoms with van der Waals surface area (Å²) in [5.41, 5.74) is 1.08.